The number of likely N-dealkylation sites (tertiary alicyclic amines) is 2. The molecule has 0 radical (unpaired) electrons. The molecule has 6 heteroatoms. The van der Waals surface area contributed by atoms with Gasteiger partial charge in [0, 0.05) is 26.2 Å². The first kappa shape index (κ1) is 16.1. The van der Waals surface area contributed by atoms with Crippen LogP contribution >= 0.6 is 0 Å². The minimum atomic E-state index is -0.0117. The molecule has 1 spiro atoms. The van der Waals surface area contributed by atoms with Crippen molar-refractivity contribution in [2.45, 2.75) is 12.0 Å². The number of methoxy groups -OCH3 is 1. The number of aliphatic hydroxyl groups excluding tert-OH is 1. The smallest absolute Gasteiger partial charge is 0.260 e. The fraction of sp³-hybridized carbons (Fsp3) is 0.588. The molecule has 1 aromatic rings. The number of benzene rings is 1. The van der Waals surface area contributed by atoms with Crippen molar-refractivity contribution in [2.24, 2.45) is 5.92 Å². The van der Waals surface area contributed by atoms with Crippen molar-refractivity contribution in [3.05, 3.63) is 24.3 Å². The first-order valence-electron chi connectivity index (χ1n) is 7.93. The number of rotatable bonds is 5. The minimum absolute atomic E-state index is 0.0117. The van der Waals surface area contributed by atoms with Crippen molar-refractivity contribution in [1.29, 1.82) is 0 Å². The molecule has 3 rings (SSSR count). The molecule has 2 saturated heterocycles. The fourth-order valence-corrected chi connectivity index (χ4v) is 3.64. The highest BCUT2D eigenvalue weighted by Gasteiger charge is 2.52. The Hall–Kier alpha value is -1.79. The summed E-state index contributed by atoms with van der Waals surface area (Å²) in [5.74, 6) is 1.52. The number of likely N-dealkylation sites (N-methyl/N-ethyl adjacent to an activating group) is 1. The summed E-state index contributed by atoms with van der Waals surface area (Å²) < 4.78 is 10.8. The third-order valence-electron chi connectivity index (χ3n) is 5.01. The standard InChI is InChI=1S/C17H24N2O4/c1-18-8-13(9-20)7-17(18)11-19(12-17)16(21)10-23-15-6-4-3-5-14(15)22-2/h3-6,13,20H,7-12H2,1-2H3. The molecule has 2 fully saturated rings. The molecule has 6 nitrogen and oxygen atoms in total. The maximum atomic E-state index is 12.3. The number of carbonyl (C=O) groups is 1. The van der Waals surface area contributed by atoms with Gasteiger partial charge in [-0.05, 0) is 31.5 Å². The van der Waals surface area contributed by atoms with Gasteiger partial charge in [-0.2, -0.15) is 0 Å². The van der Waals surface area contributed by atoms with Crippen LogP contribution in [0.2, 0.25) is 0 Å². The monoisotopic (exact) mass is 320 g/mol. The Morgan fingerprint density at radius 2 is 2.04 bits per heavy atom. The number of ether oxygens (including phenoxy) is 2. The number of nitrogens with zero attached hydrogens (tertiary/aromatic N) is 2. The van der Waals surface area contributed by atoms with Gasteiger partial charge in [0.1, 0.15) is 0 Å². The minimum Gasteiger partial charge on any atom is -0.493 e. The van der Waals surface area contributed by atoms with Crippen molar-refractivity contribution < 1.29 is 19.4 Å². The molecular weight excluding hydrogens is 296 g/mol. The summed E-state index contributed by atoms with van der Waals surface area (Å²) >= 11 is 0. The molecule has 1 aromatic carbocycles. The van der Waals surface area contributed by atoms with Gasteiger partial charge in [0.15, 0.2) is 18.1 Å². The summed E-state index contributed by atoms with van der Waals surface area (Å²) in [4.78, 5) is 16.4. The summed E-state index contributed by atoms with van der Waals surface area (Å²) in [6.45, 7) is 2.57. The molecule has 0 saturated carbocycles. The van der Waals surface area contributed by atoms with Crippen LogP contribution in [-0.4, -0.2) is 73.4 Å². The second-order valence-electron chi connectivity index (χ2n) is 6.55. The van der Waals surface area contributed by atoms with Gasteiger partial charge in [-0.25, -0.2) is 0 Å². The second-order valence-corrected chi connectivity index (χ2v) is 6.55. The molecule has 1 atom stereocenters. The Bertz CT molecular complexity index is 571. The number of para-hydroxylation sites is 2. The topological polar surface area (TPSA) is 62.2 Å². The largest absolute Gasteiger partial charge is 0.493 e. The predicted octanol–water partition coefficient (Wildman–Crippen LogP) is 0.599. The summed E-state index contributed by atoms with van der Waals surface area (Å²) in [6.07, 6.45) is 0.956. The van der Waals surface area contributed by atoms with Crippen molar-refractivity contribution in [1.82, 2.24) is 9.80 Å². The molecule has 1 amide bonds. The molecule has 0 aliphatic carbocycles. The summed E-state index contributed by atoms with van der Waals surface area (Å²) in [5.41, 5.74) is 0.0491. The van der Waals surface area contributed by atoms with Crippen LogP contribution in [0.25, 0.3) is 0 Å². The molecule has 126 valence electrons. The van der Waals surface area contributed by atoms with E-state index in [4.69, 9.17) is 9.47 Å². The Balaban J connectivity index is 1.51. The van der Waals surface area contributed by atoms with Crippen LogP contribution in [0.3, 0.4) is 0 Å². The maximum Gasteiger partial charge on any atom is 0.260 e. The molecule has 2 heterocycles. The van der Waals surface area contributed by atoms with Crippen LogP contribution in [0.15, 0.2) is 24.3 Å². The van der Waals surface area contributed by atoms with Crippen molar-refractivity contribution >= 4 is 5.91 Å². The first-order chi connectivity index (χ1) is 11.1. The number of hydrogen-bond acceptors (Lipinski definition) is 5. The van der Waals surface area contributed by atoms with Crippen LogP contribution in [0, 0.1) is 5.92 Å². The lowest BCUT2D eigenvalue weighted by Gasteiger charge is -2.51. The van der Waals surface area contributed by atoms with Gasteiger partial charge in [-0.15, -0.1) is 0 Å². The van der Waals surface area contributed by atoms with Crippen LogP contribution in [-0.2, 0) is 4.79 Å². The zero-order valence-corrected chi connectivity index (χ0v) is 13.7. The Morgan fingerprint density at radius 3 is 2.65 bits per heavy atom. The van der Waals surface area contributed by atoms with Crippen LogP contribution in [0.4, 0.5) is 0 Å². The lowest BCUT2D eigenvalue weighted by atomic mass is 9.84. The van der Waals surface area contributed by atoms with Crippen LogP contribution in [0.1, 0.15) is 6.42 Å². The lowest BCUT2D eigenvalue weighted by Crippen LogP contribution is -2.68. The molecule has 0 bridgehead atoms. The SMILES string of the molecule is COc1ccccc1OCC(=O)N1CC2(CC(CO)CN2C)C1. The third-order valence-corrected chi connectivity index (χ3v) is 5.01. The lowest BCUT2D eigenvalue weighted by molar-refractivity contribution is -0.145. The zero-order chi connectivity index (χ0) is 16.4. The highest BCUT2D eigenvalue weighted by molar-refractivity contribution is 5.79. The van der Waals surface area contributed by atoms with Crippen LogP contribution < -0.4 is 9.47 Å². The van der Waals surface area contributed by atoms with E-state index in [0.717, 1.165) is 13.0 Å². The average molecular weight is 320 g/mol. The van der Waals surface area contributed by atoms with E-state index in [2.05, 4.69) is 11.9 Å². The van der Waals surface area contributed by atoms with Crippen molar-refractivity contribution in [3.8, 4) is 11.5 Å². The van der Waals surface area contributed by atoms with Crippen LogP contribution in [0.5, 0.6) is 11.5 Å². The normalized spacial score (nSPS) is 22.9. The number of hydrogen-bond donors (Lipinski definition) is 1. The molecular formula is C17H24N2O4. The molecule has 1 N–H and O–H groups in total. The van der Waals surface area contributed by atoms with Gasteiger partial charge in [-0.1, -0.05) is 12.1 Å². The Kier molecular flexibility index (Phi) is 4.46. The molecule has 2 aliphatic rings. The molecule has 2 aliphatic heterocycles. The highest BCUT2D eigenvalue weighted by Crippen LogP contribution is 2.39. The van der Waals surface area contributed by atoms with E-state index in [1.165, 1.54) is 0 Å². The van der Waals surface area contributed by atoms with E-state index in [-0.39, 0.29) is 24.7 Å². The van der Waals surface area contributed by atoms with Gasteiger partial charge >= 0.3 is 0 Å². The van der Waals surface area contributed by atoms with Gasteiger partial charge in [-0.3, -0.25) is 9.69 Å². The Morgan fingerprint density at radius 1 is 1.35 bits per heavy atom. The Labute approximate surface area is 136 Å². The van der Waals surface area contributed by atoms with Crippen molar-refractivity contribution in [2.75, 3.05) is 47.0 Å². The van der Waals surface area contributed by atoms with E-state index < -0.39 is 0 Å². The fourth-order valence-electron chi connectivity index (χ4n) is 3.64. The second kappa shape index (κ2) is 6.37. The third kappa shape index (κ3) is 3.01. The predicted molar refractivity (Wildman–Crippen MR) is 85.6 cm³/mol. The van der Waals surface area contributed by atoms with E-state index in [9.17, 15) is 9.90 Å². The van der Waals surface area contributed by atoms with E-state index in [0.29, 0.717) is 30.5 Å². The molecule has 23 heavy (non-hydrogen) atoms. The summed E-state index contributed by atoms with van der Waals surface area (Å²) in [6, 6.07) is 7.31. The summed E-state index contributed by atoms with van der Waals surface area (Å²) in [5, 5.41) is 9.33. The summed E-state index contributed by atoms with van der Waals surface area (Å²) in [7, 11) is 3.65. The number of aliphatic hydroxyl groups is 1. The quantitative estimate of drug-likeness (QED) is 0.861. The van der Waals surface area contributed by atoms with Crippen molar-refractivity contribution in [3.63, 3.8) is 0 Å². The number of carbonyl (C=O) groups excluding carboxylic acids is 1. The van der Waals surface area contributed by atoms with Gasteiger partial charge in [0.2, 0.25) is 0 Å². The van der Waals surface area contributed by atoms with Gasteiger partial charge < -0.3 is 19.5 Å². The first-order valence-corrected chi connectivity index (χ1v) is 7.93. The van der Waals surface area contributed by atoms with E-state index >= 15 is 0 Å². The van der Waals surface area contributed by atoms with Gasteiger partial charge in [0.05, 0.1) is 12.6 Å². The van der Waals surface area contributed by atoms with E-state index in [1.54, 1.807) is 19.2 Å². The maximum absolute atomic E-state index is 12.3. The molecule has 1 unspecified atom stereocenters. The average Bonchev–Trinajstić information content (AvgIpc) is 2.88. The van der Waals surface area contributed by atoms with E-state index in [1.807, 2.05) is 17.0 Å². The molecule has 0 aromatic heterocycles. The zero-order valence-electron chi connectivity index (χ0n) is 13.7. The highest BCUT2D eigenvalue weighted by atomic mass is 16.5. The van der Waals surface area contributed by atoms with Gasteiger partial charge in [0.25, 0.3) is 5.91 Å². The number of amides is 1.